The Bertz CT molecular complexity index is 1420. The highest BCUT2D eigenvalue weighted by molar-refractivity contribution is 7.47. The molecule has 0 radical (unpaired) electrons. The van der Waals surface area contributed by atoms with Crippen molar-refractivity contribution in [3.63, 3.8) is 0 Å². The van der Waals surface area contributed by atoms with Crippen molar-refractivity contribution in [2.45, 2.75) is 185 Å². The maximum atomic E-state index is 12.8. The Morgan fingerprint density at radius 2 is 1.13 bits per heavy atom. The SMILES string of the molecule is CC/C=C\C/C=C\C/C=C\CCCCCCCC(=O)OC[C@H](COP(=O)(O)OC1[C@H](O)[C@H](O)C(O)[C@H](O)[C@H]1O)OC(=O)CCC/C=C/C=C\C(O)C/C=C\C/C=C\CCCCC. The van der Waals surface area contributed by atoms with E-state index in [1.54, 1.807) is 18.2 Å². The molecular weight excluding hydrogens is 819 g/mol. The molecule has 0 aromatic rings. The van der Waals surface area contributed by atoms with E-state index in [4.69, 9.17) is 18.5 Å². The number of carbonyl (C=O) groups excluding carboxylic acids is 2. The lowest BCUT2D eigenvalue weighted by atomic mass is 9.85. The van der Waals surface area contributed by atoms with Gasteiger partial charge >= 0.3 is 19.8 Å². The maximum Gasteiger partial charge on any atom is 0.472 e. The Morgan fingerprint density at radius 1 is 0.597 bits per heavy atom. The average molecular weight is 897 g/mol. The topological polar surface area (TPSA) is 230 Å². The fourth-order valence-electron chi connectivity index (χ4n) is 6.14. The minimum atomic E-state index is -5.16. The molecule has 14 nitrogen and oxygen atoms in total. The lowest BCUT2D eigenvalue weighted by Crippen LogP contribution is -2.64. The van der Waals surface area contributed by atoms with Crippen LogP contribution in [0.15, 0.2) is 85.1 Å². The van der Waals surface area contributed by atoms with E-state index in [1.165, 1.54) is 19.3 Å². The van der Waals surface area contributed by atoms with Gasteiger partial charge in [-0.15, -0.1) is 0 Å². The van der Waals surface area contributed by atoms with Crippen molar-refractivity contribution in [3.05, 3.63) is 85.1 Å². The predicted octanol–water partition coefficient (Wildman–Crippen LogP) is 7.47. The first-order chi connectivity index (χ1) is 29.8. The molecule has 9 atom stereocenters. The van der Waals surface area contributed by atoms with Crippen molar-refractivity contribution in [2.24, 2.45) is 0 Å². The number of allylic oxidation sites excluding steroid dienone is 12. The summed E-state index contributed by atoms with van der Waals surface area (Å²) >= 11 is 0. The van der Waals surface area contributed by atoms with Gasteiger partial charge in [-0.25, -0.2) is 4.57 Å². The van der Waals surface area contributed by atoms with Crippen LogP contribution in [0.3, 0.4) is 0 Å². The molecule has 0 heterocycles. The summed E-state index contributed by atoms with van der Waals surface area (Å²) in [4.78, 5) is 35.7. The standard InChI is InChI=1S/C47H77O14P/c1-3-5-7-9-11-13-14-15-16-17-18-20-22-26-30-34-40(49)58-36-39(37-59-62(56,57)61-47-45(54)43(52)42(51)44(53)46(47)55)60-41(50)35-31-27-23-25-29-33-38(48)32-28-24-21-19-12-10-8-6-4-2/h5,7,11-13,15-16,19,23-25,28-29,33,38-39,42-48,51-55H,3-4,6,8-10,14,17-18,20-22,26-27,30-32,34-37H2,1-2H3,(H,56,57)/b7-5-,13-11-,16-15-,19-12-,25-23+,28-24-,33-29-/t38?,39-,42?,43-,44+,45-,46-,47?/m1/s1. The Kier molecular flexibility index (Phi) is 33.4. The molecule has 0 spiro atoms. The van der Waals surface area contributed by atoms with Gasteiger partial charge in [0.1, 0.15) is 43.2 Å². The second-order valence-electron chi connectivity index (χ2n) is 15.4. The molecule has 7 N–H and O–H groups in total. The Hall–Kier alpha value is -3.01. The van der Waals surface area contributed by atoms with Crippen LogP contribution >= 0.6 is 7.82 Å². The van der Waals surface area contributed by atoms with Crippen molar-refractivity contribution >= 4 is 19.8 Å². The molecule has 0 aromatic carbocycles. The molecule has 1 aliphatic carbocycles. The summed E-state index contributed by atoms with van der Waals surface area (Å²) in [6, 6.07) is 0. The van der Waals surface area contributed by atoms with Crippen LogP contribution in [-0.2, 0) is 32.7 Å². The summed E-state index contributed by atoms with van der Waals surface area (Å²) in [5.74, 6) is -1.26. The van der Waals surface area contributed by atoms with Gasteiger partial charge in [-0.2, -0.15) is 0 Å². The van der Waals surface area contributed by atoms with Gasteiger partial charge in [0.05, 0.1) is 12.7 Å². The highest BCUT2D eigenvalue weighted by Crippen LogP contribution is 2.47. The number of unbranched alkanes of at least 4 members (excludes halogenated alkanes) is 9. The van der Waals surface area contributed by atoms with Crippen molar-refractivity contribution < 1.29 is 68.2 Å². The molecule has 1 aliphatic rings. The van der Waals surface area contributed by atoms with Crippen LogP contribution in [0.25, 0.3) is 0 Å². The molecule has 0 aliphatic heterocycles. The molecule has 62 heavy (non-hydrogen) atoms. The van der Waals surface area contributed by atoms with Gasteiger partial charge in [-0.3, -0.25) is 18.6 Å². The van der Waals surface area contributed by atoms with E-state index in [2.05, 4.69) is 62.5 Å². The third-order valence-corrected chi connectivity index (χ3v) is 10.8. The van der Waals surface area contributed by atoms with Gasteiger partial charge in [0.25, 0.3) is 0 Å². The summed E-state index contributed by atoms with van der Waals surface area (Å²) in [6.07, 6.45) is 29.5. The molecule has 0 aromatic heterocycles. The first-order valence-corrected chi connectivity index (χ1v) is 24.0. The average Bonchev–Trinajstić information content (AvgIpc) is 3.25. The van der Waals surface area contributed by atoms with E-state index in [-0.39, 0.29) is 12.8 Å². The van der Waals surface area contributed by atoms with E-state index in [0.29, 0.717) is 25.7 Å². The number of aliphatic hydroxyl groups excluding tert-OH is 6. The predicted molar refractivity (Wildman–Crippen MR) is 241 cm³/mol. The lowest BCUT2D eigenvalue weighted by molar-refractivity contribution is -0.220. The summed E-state index contributed by atoms with van der Waals surface area (Å²) in [7, 11) is -5.16. The van der Waals surface area contributed by atoms with Gasteiger partial charge in [0.2, 0.25) is 0 Å². The molecule has 0 amide bonds. The van der Waals surface area contributed by atoms with Crippen molar-refractivity contribution in [3.8, 4) is 0 Å². The van der Waals surface area contributed by atoms with E-state index < -0.39 is 81.8 Å². The molecule has 0 bridgehead atoms. The van der Waals surface area contributed by atoms with Crippen molar-refractivity contribution in [2.75, 3.05) is 13.2 Å². The van der Waals surface area contributed by atoms with E-state index in [0.717, 1.165) is 64.2 Å². The summed E-state index contributed by atoms with van der Waals surface area (Å²) in [5, 5.41) is 60.3. The highest BCUT2D eigenvalue weighted by Gasteiger charge is 2.51. The number of phosphoric acid groups is 1. The quantitative estimate of drug-likeness (QED) is 0.0108. The van der Waals surface area contributed by atoms with Crippen LogP contribution in [0.4, 0.5) is 0 Å². The number of aliphatic hydroxyl groups is 6. The number of phosphoric ester groups is 1. The second kappa shape index (κ2) is 36.3. The fourth-order valence-corrected chi connectivity index (χ4v) is 7.11. The second-order valence-corrected chi connectivity index (χ2v) is 16.8. The number of ether oxygens (including phenoxy) is 2. The fraction of sp³-hybridized carbons (Fsp3) is 0.660. The maximum absolute atomic E-state index is 12.8. The van der Waals surface area contributed by atoms with Gasteiger partial charge < -0.3 is 45.0 Å². The molecule has 1 saturated carbocycles. The summed E-state index contributed by atoms with van der Waals surface area (Å²) in [5.41, 5.74) is 0. The molecule has 15 heteroatoms. The monoisotopic (exact) mass is 897 g/mol. The number of rotatable bonds is 35. The third kappa shape index (κ3) is 28.6. The minimum Gasteiger partial charge on any atom is -0.462 e. The van der Waals surface area contributed by atoms with Crippen LogP contribution < -0.4 is 0 Å². The third-order valence-electron chi connectivity index (χ3n) is 9.80. The number of hydrogen-bond acceptors (Lipinski definition) is 13. The van der Waals surface area contributed by atoms with Crippen LogP contribution in [0.5, 0.6) is 0 Å². The number of hydrogen-bond donors (Lipinski definition) is 7. The molecule has 0 saturated heterocycles. The summed E-state index contributed by atoms with van der Waals surface area (Å²) < 4.78 is 33.4. The molecule has 354 valence electrons. The largest absolute Gasteiger partial charge is 0.472 e. The first-order valence-electron chi connectivity index (χ1n) is 22.5. The Balaban J connectivity index is 2.58. The smallest absolute Gasteiger partial charge is 0.462 e. The zero-order valence-corrected chi connectivity index (χ0v) is 37.9. The zero-order chi connectivity index (χ0) is 45.9. The van der Waals surface area contributed by atoms with Gasteiger partial charge in [0, 0.05) is 12.8 Å². The van der Waals surface area contributed by atoms with E-state index in [1.807, 2.05) is 18.2 Å². The van der Waals surface area contributed by atoms with Crippen molar-refractivity contribution in [1.29, 1.82) is 0 Å². The Labute approximate surface area is 370 Å². The molecule has 1 rings (SSSR count). The summed E-state index contributed by atoms with van der Waals surface area (Å²) in [6.45, 7) is 3.00. The van der Waals surface area contributed by atoms with Crippen LogP contribution in [0.2, 0.25) is 0 Å². The number of esters is 2. The van der Waals surface area contributed by atoms with Gasteiger partial charge in [-0.05, 0) is 77.0 Å². The molecule has 4 unspecified atom stereocenters. The normalized spacial score (nSPS) is 23.2. The molecule has 1 fully saturated rings. The van der Waals surface area contributed by atoms with Crippen LogP contribution in [0.1, 0.15) is 136 Å². The van der Waals surface area contributed by atoms with E-state index in [9.17, 15) is 49.7 Å². The first kappa shape index (κ1) is 57.0. The van der Waals surface area contributed by atoms with Gasteiger partial charge in [0.15, 0.2) is 6.10 Å². The van der Waals surface area contributed by atoms with Crippen LogP contribution in [-0.4, -0.2) is 110 Å². The van der Waals surface area contributed by atoms with Crippen molar-refractivity contribution in [1.82, 2.24) is 0 Å². The van der Waals surface area contributed by atoms with Crippen LogP contribution in [0, 0.1) is 0 Å². The zero-order valence-electron chi connectivity index (χ0n) is 37.0. The number of carbonyl (C=O) groups is 2. The molecular formula is C47H77O14P. The van der Waals surface area contributed by atoms with E-state index >= 15 is 0 Å². The Morgan fingerprint density at radius 3 is 1.77 bits per heavy atom. The minimum absolute atomic E-state index is 0.0470. The lowest BCUT2D eigenvalue weighted by Gasteiger charge is -2.41. The highest BCUT2D eigenvalue weighted by atomic mass is 31.2. The van der Waals surface area contributed by atoms with Gasteiger partial charge in [-0.1, -0.05) is 131 Å².